The largest absolute Gasteiger partial charge is 0.307 e. The number of nitrogens with zero attached hydrogens (tertiary/aromatic N) is 3. The number of pyridine rings is 1. The molecular formula is C17H18N4. The van der Waals surface area contributed by atoms with Crippen LogP contribution in [0.4, 0.5) is 0 Å². The van der Waals surface area contributed by atoms with Crippen molar-refractivity contribution in [1.29, 1.82) is 0 Å². The molecule has 1 aliphatic rings. The van der Waals surface area contributed by atoms with Crippen LogP contribution < -0.4 is 5.32 Å². The van der Waals surface area contributed by atoms with Crippen LogP contribution in [-0.2, 0) is 0 Å². The number of hydrogen-bond acceptors (Lipinski definition) is 3. The van der Waals surface area contributed by atoms with E-state index < -0.39 is 0 Å². The second-order valence-electron chi connectivity index (χ2n) is 5.64. The number of imidazole rings is 1. The van der Waals surface area contributed by atoms with Crippen molar-refractivity contribution >= 4 is 11.2 Å². The average molecular weight is 278 g/mol. The third-order valence-corrected chi connectivity index (χ3v) is 4.07. The van der Waals surface area contributed by atoms with Gasteiger partial charge in [-0.15, -0.1) is 0 Å². The molecule has 0 spiro atoms. The van der Waals surface area contributed by atoms with Gasteiger partial charge in [0.2, 0.25) is 0 Å². The van der Waals surface area contributed by atoms with Crippen LogP contribution in [-0.4, -0.2) is 21.1 Å². The van der Waals surface area contributed by atoms with Crippen LogP contribution in [0.25, 0.3) is 16.9 Å². The zero-order chi connectivity index (χ0) is 14.2. The molecule has 0 radical (unpaired) electrons. The molecule has 0 saturated carbocycles. The van der Waals surface area contributed by atoms with Crippen molar-refractivity contribution in [1.82, 2.24) is 19.9 Å². The van der Waals surface area contributed by atoms with E-state index in [1.165, 1.54) is 12.0 Å². The van der Waals surface area contributed by atoms with Gasteiger partial charge in [-0.05, 0) is 56.1 Å². The van der Waals surface area contributed by atoms with Gasteiger partial charge in [0.15, 0.2) is 5.65 Å². The van der Waals surface area contributed by atoms with Crippen LogP contribution in [0.1, 0.15) is 30.3 Å². The molecule has 1 aliphatic heterocycles. The molecule has 3 aromatic rings. The minimum absolute atomic E-state index is 0.319. The van der Waals surface area contributed by atoms with Gasteiger partial charge in [-0.2, -0.15) is 0 Å². The van der Waals surface area contributed by atoms with E-state index in [-0.39, 0.29) is 0 Å². The van der Waals surface area contributed by atoms with E-state index in [1.807, 2.05) is 18.3 Å². The van der Waals surface area contributed by atoms with Crippen LogP contribution in [0.15, 0.2) is 42.6 Å². The average Bonchev–Trinajstić information content (AvgIpc) is 3.14. The summed E-state index contributed by atoms with van der Waals surface area (Å²) < 4.78 is 2.20. The maximum atomic E-state index is 4.84. The van der Waals surface area contributed by atoms with E-state index in [2.05, 4.69) is 46.1 Å². The number of aryl methyl sites for hydroxylation is 1. The Morgan fingerprint density at radius 3 is 3.00 bits per heavy atom. The molecule has 1 atom stereocenters. The van der Waals surface area contributed by atoms with Crippen molar-refractivity contribution in [3.8, 4) is 5.69 Å². The van der Waals surface area contributed by atoms with Crippen LogP contribution in [0.3, 0.4) is 0 Å². The molecule has 0 amide bonds. The molecule has 1 N–H and O–H groups in total. The molecule has 1 aromatic carbocycles. The Balaban J connectivity index is 1.98. The molecule has 4 heteroatoms. The lowest BCUT2D eigenvalue weighted by molar-refractivity contribution is 0.598. The Morgan fingerprint density at radius 1 is 1.24 bits per heavy atom. The molecule has 4 rings (SSSR count). The second-order valence-corrected chi connectivity index (χ2v) is 5.64. The molecular weight excluding hydrogens is 260 g/mol. The predicted molar refractivity (Wildman–Crippen MR) is 83.6 cm³/mol. The number of aromatic nitrogens is 3. The van der Waals surface area contributed by atoms with Crippen molar-refractivity contribution < 1.29 is 0 Å². The minimum atomic E-state index is 0.319. The van der Waals surface area contributed by atoms with Gasteiger partial charge in [-0.3, -0.25) is 4.57 Å². The molecule has 1 fully saturated rings. The van der Waals surface area contributed by atoms with Crippen molar-refractivity contribution in [3.05, 3.63) is 54.0 Å². The lowest BCUT2D eigenvalue weighted by Crippen LogP contribution is -2.17. The Bertz CT molecular complexity index is 784. The number of hydrogen-bond donors (Lipinski definition) is 1. The highest BCUT2D eigenvalue weighted by Crippen LogP contribution is 2.28. The summed E-state index contributed by atoms with van der Waals surface area (Å²) in [7, 11) is 0. The molecule has 0 bridgehead atoms. The Morgan fingerprint density at radius 2 is 2.19 bits per heavy atom. The van der Waals surface area contributed by atoms with Crippen molar-refractivity contribution in [3.63, 3.8) is 0 Å². The number of fused-ring (bicyclic) bond motifs is 1. The second kappa shape index (κ2) is 4.97. The summed E-state index contributed by atoms with van der Waals surface area (Å²) in [6.45, 7) is 3.18. The van der Waals surface area contributed by atoms with E-state index in [4.69, 9.17) is 4.98 Å². The normalized spacial score (nSPS) is 18.4. The first-order valence-electron chi connectivity index (χ1n) is 7.47. The predicted octanol–water partition coefficient (Wildman–Crippen LogP) is 3.15. The highest BCUT2D eigenvalue weighted by atomic mass is 15.2. The van der Waals surface area contributed by atoms with E-state index in [0.717, 1.165) is 35.6 Å². The van der Waals surface area contributed by atoms with Crippen LogP contribution in [0.2, 0.25) is 0 Å². The fourth-order valence-corrected chi connectivity index (χ4v) is 3.09. The maximum Gasteiger partial charge on any atom is 0.164 e. The summed E-state index contributed by atoms with van der Waals surface area (Å²) in [6, 6.07) is 12.8. The molecule has 0 aliphatic carbocycles. The van der Waals surface area contributed by atoms with Gasteiger partial charge in [0, 0.05) is 11.9 Å². The monoisotopic (exact) mass is 278 g/mol. The first-order chi connectivity index (χ1) is 10.3. The van der Waals surface area contributed by atoms with E-state index in [1.54, 1.807) is 0 Å². The first kappa shape index (κ1) is 12.5. The van der Waals surface area contributed by atoms with Crippen molar-refractivity contribution in [2.24, 2.45) is 0 Å². The van der Waals surface area contributed by atoms with Crippen molar-refractivity contribution in [2.45, 2.75) is 25.8 Å². The quantitative estimate of drug-likeness (QED) is 0.783. The molecule has 4 nitrogen and oxygen atoms in total. The zero-order valence-electron chi connectivity index (χ0n) is 12.1. The first-order valence-corrected chi connectivity index (χ1v) is 7.47. The molecule has 1 unspecified atom stereocenters. The third kappa shape index (κ3) is 2.12. The summed E-state index contributed by atoms with van der Waals surface area (Å²) in [4.78, 5) is 9.39. The summed E-state index contributed by atoms with van der Waals surface area (Å²) in [5, 5.41) is 3.55. The molecule has 2 aromatic heterocycles. The SMILES string of the molecule is Cc1cccc(-n2c(C3CCCN3)nc3cccnc32)c1. The lowest BCUT2D eigenvalue weighted by Gasteiger charge is -2.14. The van der Waals surface area contributed by atoms with Gasteiger partial charge in [0.05, 0.1) is 6.04 Å². The third-order valence-electron chi connectivity index (χ3n) is 4.07. The summed E-state index contributed by atoms with van der Waals surface area (Å²) in [6.07, 6.45) is 4.17. The van der Waals surface area contributed by atoms with Gasteiger partial charge in [-0.1, -0.05) is 12.1 Å². The Hall–Kier alpha value is -2.20. The van der Waals surface area contributed by atoms with Crippen LogP contribution in [0, 0.1) is 6.92 Å². The smallest absolute Gasteiger partial charge is 0.164 e. The zero-order valence-corrected chi connectivity index (χ0v) is 12.1. The number of nitrogens with one attached hydrogen (secondary N) is 1. The van der Waals surface area contributed by atoms with Gasteiger partial charge in [0.1, 0.15) is 11.3 Å². The lowest BCUT2D eigenvalue weighted by atomic mass is 10.2. The standard InChI is InChI=1S/C17H18N4/c1-12-5-2-6-13(11-12)21-16-15(8-4-10-19-16)20-17(21)14-7-3-9-18-14/h2,4-6,8,10-11,14,18H,3,7,9H2,1H3. The summed E-state index contributed by atoms with van der Waals surface area (Å²) in [5.74, 6) is 1.08. The van der Waals surface area contributed by atoms with Gasteiger partial charge < -0.3 is 5.32 Å². The molecule has 21 heavy (non-hydrogen) atoms. The van der Waals surface area contributed by atoms with E-state index in [0.29, 0.717) is 6.04 Å². The topological polar surface area (TPSA) is 42.7 Å². The molecule has 1 saturated heterocycles. The van der Waals surface area contributed by atoms with Gasteiger partial charge in [0.25, 0.3) is 0 Å². The van der Waals surface area contributed by atoms with E-state index >= 15 is 0 Å². The summed E-state index contributed by atoms with van der Waals surface area (Å²) in [5.41, 5.74) is 4.28. The fraction of sp³-hybridized carbons (Fsp3) is 0.294. The van der Waals surface area contributed by atoms with Gasteiger partial charge in [-0.25, -0.2) is 9.97 Å². The molecule has 3 heterocycles. The van der Waals surface area contributed by atoms with Gasteiger partial charge >= 0.3 is 0 Å². The van der Waals surface area contributed by atoms with Crippen molar-refractivity contribution in [2.75, 3.05) is 6.54 Å². The number of rotatable bonds is 2. The number of benzene rings is 1. The Kier molecular flexibility index (Phi) is 2.97. The van der Waals surface area contributed by atoms with Crippen LogP contribution >= 0.6 is 0 Å². The highest BCUT2D eigenvalue weighted by Gasteiger charge is 2.24. The summed E-state index contributed by atoms with van der Waals surface area (Å²) >= 11 is 0. The molecule has 106 valence electrons. The fourth-order valence-electron chi connectivity index (χ4n) is 3.09. The van der Waals surface area contributed by atoms with E-state index in [9.17, 15) is 0 Å². The Labute approximate surface area is 123 Å². The minimum Gasteiger partial charge on any atom is -0.307 e. The maximum absolute atomic E-state index is 4.84. The van der Waals surface area contributed by atoms with Crippen LogP contribution in [0.5, 0.6) is 0 Å². The highest BCUT2D eigenvalue weighted by molar-refractivity contribution is 5.74.